The quantitative estimate of drug-likeness (QED) is 0.696. The van der Waals surface area contributed by atoms with E-state index in [2.05, 4.69) is 25.8 Å². The Labute approximate surface area is 104 Å². The maximum absolute atomic E-state index is 11.4. The van der Waals surface area contributed by atoms with Gasteiger partial charge in [-0.1, -0.05) is 26.8 Å². The van der Waals surface area contributed by atoms with Crippen LogP contribution >= 0.6 is 0 Å². The van der Waals surface area contributed by atoms with Crippen LogP contribution in [-0.4, -0.2) is 10.1 Å². The number of H-pyrrole nitrogens is 1. The highest BCUT2D eigenvalue weighted by Crippen LogP contribution is 2.28. The Kier molecular flexibility index (Phi) is 2.73. The first-order valence-electron chi connectivity index (χ1n) is 5.70. The van der Waals surface area contributed by atoms with Gasteiger partial charge < -0.3 is 10.1 Å². The van der Waals surface area contributed by atoms with E-state index in [1.165, 1.54) is 0 Å². The average Bonchev–Trinajstić information content (AvgIpc) is 2.36. The Morgan fingerprint density at radius 2 is 1.78 bits per heavy atom. The molecule has 94 valence electrons. The number of nitrogens with one attached hydrogen (secondary N) is 1. The zero-order valence-electron chi connectivity index (χ0n) is 10.6. The molecule has 0 aliphatic carbocycles. The molecule has 18 heavy (non-hydrogen) atoms. The first-order chi connectivity index (χ1) is 8.29. The minimum Gasteiger partial charge on any atom is -0.507 e. The second-order valence-corrected chi connectivity index (χ2v) is 5.36. The number of benzene rings is 1. The van der Waals surface area contributed by atoms with Crippen molar-refractivity contribution in [3.8, 4) is 5.75 Å². The minimum absolute atomic E-state index is 0.0738. The zero-order chi connectivity index (χ0) is 13.5. The van der Waals surface area contributed by atoms with Crippen molar-refractivity contribution in [3.05, 3.63) is 50.4 Å². The lowest BCUT2D eigenvalue weighted by atomic mass is 9.86. The van der Waals surface area contributed by atoms with Gasteiger partial charge in [-0.25, -0.2) is 0 Å². The topological polar surface area (TPSA) is 70.2 Å². The van der Waals surface area contributed by atoms with E-state index in [0.29, 0.717) is 10.9 Å². The van der Waals surface area contributed by atoms with Gasteiger partial charge in [0.25, 0.3) is 5.56 Å². The Hall–Kier alpha value is -2.10. The van der Waals surface area contributed by atoms with Gasteiger partial charge in [0.05, 0.1) is 5.52 Å². The van der Waals surface area contributed by atoms with Crippen LogP contribution in [0.3, 0.4) is 0 Å². The largest absolute Gasteiger partial charge is 0.507 e. The lowest BCUT2D eigenvalue weighted by molar-refractivity contribution is 0.481. The van der Waals surface area contributed by atoms with E-state index in [9.17, 15) is 14.7 Å². The maximum atomic E-state index is 11.4. The van der Waals surface area contributed by atoms with E-state index >= 15 is 0 Å². The van der Waals surface area contributed by atoms with Crippen LogP contribution in [-0.2, 0) is 5.41 Å². The predicted octanol–water partition coefficient (Wildman–Crippen LogP) is 1.89. The molecular weight excluding hydrogens is 230 g/mol. The molecule has 4 heteroatoms. The minimum atomic E-state index is -0.749. The summed E-state index contributed by atoms with van der Waals surface area (Å²) >= 11 is 0. The fourth-order valence-corrected chi connectivity index (χ4v) is 1.78. The Morgan fingerprint density at radius 3 is 2.39 bits per heavy atom. The van der Waals surface area contributed by atoms with Crippen LogP contribution in [0.1, 0.15) is 26.3 Å². The predicted molar refractivity (Wildman–Crippen MR) is 71.2 cm³/mol. The van der Waals surface area contributed by atoms with Crippen molar-refractivity contribution in [1.82, 2.24) is 4.98 Å². The molecule has 0 unspecified atom stereocenters. The van der Waals surface area contributed by atoms with Crippen molar-refractivity contribution in [2.24, 2.45) is 0 Å². The third-order valence-corrected chi connectivity index (χ3v) is 2.90. The van der Waals surface area contributed by atoms with Gasteiger partial charge in [-0.3, -0.25) is 9.59 Å². The molecule has 1 heterocycles. The van der Waals surface area contributed by atoms with Gasteiger partial charge in [0.15, 0.2) is 0 Å². The third-order valence-electron chi connectivity index (χ3n) is 2.90. The molecule has 0 atom stereocenters. The first-order valence-corrected chi connectivity index (χ1v) is 5.70. The summed E-state index contributed by atoms with van der Waals surface area (Å²) in [6, 6.07) is 6.33. The summed E-state index contributed by atoms with van der Waals surface area (Å²) in [4.78, 5) is 25.2. The van der Waals surface area contributed by atoms with Crippen molar-refractivity contribution in [1.29, 1.82) is 0 Å². The summed E-state index contributed by atoms with van der Waals surface area (Å²) in [5.41, 5.74) is -0.0856. The molecule has 0 saturated heterocycles. The second kappa shape index (κ2) is 3.98. The highest BCUT2D eigenvalue weighted by molar-refractivity contribution is 5.84. The van der Waals surface area contributed by atoms with Crippen LogP contribution in [0.25, 0.3) is 10.9 Å². The summed E-state index contributed by atoms with van der Waals surface area (Å²) in [5.74, 6) is -0.181. The molecule has 0 aliphatic heterocycles. The van der Waals surface area contributed by atoms with Gasteiger partial charge in [-0.15, -0.1) is 0 Å². The summed E-state index contributed by atoms with van der Waals surface area (Å²) in [6.45, 7) is 6.15. The first kappa shape index (κ1) is 12.4. The Balaban J connectivity index is 2.92. The van der Waals surface area contributed by atoms with Gasteiger partial charge >= 0.3 is 0 Å². The number of hydrogen-bond donors (Lipinski definition) is 2. The SMILES string of the molecule is CC(C)(C)c1ccc2[nH]c(=O)c(=O)cc(O)c2c1. The lowest BCUT2D eigenvalue weighted by Crippen LogP contribution is -2.22. The van der Waals surface area contributed by atoms with Crippen LogP contribution in [0.5, 0.6) is 5.75 Å². The summed E-state index contributed by atoms with van der Waals surface area (Å²) in [6.07, 6.45) is 0. The van der Waals surface area contributed by atoms with Crippen LogP contribution < -0.4 is 11.0 Å². The van der Waals surface area contributed by atoms with Crippen LogP contribution in [0, 0.1) is 0 Å². The number of aromatic nitrogens is 1. The molecule has 2 N–H and O–H groups in total. The van der Waals surface area contributed by atoms with Crippen molar-refractivity contribution < 1.29 is 5.11 Å². The summed E-state index contributed by atoms with van der Waals surface area (Å²) < 4.78 is 0. The number of hydrogen-bond acceptors (Lipinski definition) is 3. The van der Waals surface area contributed by atoms with E-state index in [4.69, 9.17) is 0 Å². The van der Waals surface area contributed by atoms with E-state index < -0.39 is 11.0 Å². The standard InChI is InChI=1S/C14H15NO3/c1-14(2,3)8-4-5-10-9(6-8)11(16)7-12(17)13(18)15-10/h4-7,16H,1-3H3,(H,15,17,18). The van der Waals surface area contributed by atoms with E-state index in [-0.39, 0.29) is 11.2 Å². The Bertz CT molecular complexity index is 724. The van der Waals surface area contributed by atoms with E-state index in [1.807, 2.05) is 6.07 Å². The molecule has 0 saturated carbocycles. The molecule has 1 aromatic heterocycles. The molecule has 2 aromatic rings. The van der Waals surface area contributed by atoms with Gasteiger partial charge in [0.1, 0.15) is 5.75 Å². The third kappa shape index (κ3) is 2.14. The highest BCUT2D eigenvalue weighted by atomic mass is 16.3. The van der Waals surface area contributed by atoms with E-state index in [0.717, 1.165) is 11.6 Å². The monoisotopic (exact) mass is 245 g/mol. The second-order valence-electron chi connectivity index (χ2n) is 5.36. The van der Waals surface area contributed by atoms with Crippen molar-refractivity contribution in [2.45, 2.75) is 26.2 Å². The van der Waals surface area contributed by atoms with Crippen LogP contribution in [0.4, 0.5) is 0 Å². The van der Waals surface area contributed by atoms with Crippen molar-refractivity contribution in [3.63, 3.8) is 0 Å². The number of fused-ring (bicyclic) bond motifs is 1. The molecular formula is C14H15NO3. The molecule has 0 aliphatic rings. The highest BCUT2D eigenvalue weighted by Gasteiger charge is 2.14. The molecule has 4 nitrogen and oxygen atoms in total. The molecule has 0 fully saturated rings. The molecule has 0 bridgehead atoms. The number of aromatic amines is 1. The lowest BCUT2D eigenvalue weighted by Gasteiger charge is -2.19. The normalized spacial score (nSPS) is 11.7. The molecule has 2 rings (SSSR count). The summed E-state index contributed by atoms with van der Waals surface area (Å²) in [5, 5.41) is 10.3. The van der Waals surface area contributed by atoms with Crippen molar-refractivity contribution in [2.75, 3.05) is 0 Å². The van der Waals surface area contributed by atoms with Gasteiger partial charge in [0, 0.05) is 11.5 Å². The van der Waals surface area contributed by atoms with Gasteiger partial charge in [0.2, 0.25) is 5.43 Å². The number of rotatable bonds is 0. The molecule has 0 amide bonds. The molecule has 0 radical (unpaired) electrons. The van der Waals surface area contributed by atoms with Crippen LogP contribution in [0.2, 0.25) is 0 Å². The fourth-order valence-electron chi connectivity index (χ4n) is 1.78. The van der Waals surface area contributed by atoms with Gasteiger partial charge in [-0.2, -0.15) is 0 Å². The number of aromatic hydroxyl groups is 1. The molecule has 1 aromatic carbocycles. The Morgan fingerprint density at radius 1 is 1.11 bits per heavy atom. The fraction of sp³-hybridized carbons (Fsp3) is 0.286. The molecule has 0 spiro atoms. The zero-order valence-corrected chi connectivity index (χ0v) is 10.6. The smallest absolute Gasteiger partial charge is 0.296 e. The maximum Gasteiger partial charge on any atom is 0.296 e. The summed E-state index contributed by atoms with van der Waals surface area (Å²) in [7, 11) is 0. The van der Waals surface area contributed by atoms with E-state index in [1.54, 1.807) is 12.1 Å². The van der Waals surface area contributed by atoms with Crippen molar-refractivity contribution >= 4 is 10.9 Å². The van der Waals surface area contributed by atoms with Crippen LogP contribution in [0.15, 0.2) is 33.9 Å². The average molecular weight is 245 g/mol. The van der Waals surface area contributed by atoms with Gasteiger partial charge in [-0.05, 0) is 23.1 Å².